The molecule has 0 unspecified atom stereocenters. The van der Waals surface area contributed by atoms with Crippen molar-refractivity contribution in [2.75, 3.05) is 18.6 Å². The van der Waals surface area contributed by atoms with E-state index in [4.69, 9.17) is 0 Å². The molecule has 1 aliphatic rings. The molecule has 3 heteroatoms. The fraction of sp³-hybridized carbons (Fsp3) is 0.364. The van der Waals surface area contributed by atoms with Gasteiger partial charge in [-0.2, -0.15) is 11.8 Å². The monoisotopic (exact) mass is 207 g/mol. The molecule has 2 nitrogen and oxygen atoms in total. The Morgan fingerprint density at radius 3 is 2.50 bits per heavy atom. The Kier molecular flexibility index (Phi) is 2.77. The summed E-state index contributed by atoms with van der Waals surface area (Å²) >= 11 is 1.89. The summed E-state index contributed by atoms with van der Waals surface area (Å²) < 4.78 is 0. The van der Waals surface area contributed by atoms with Gasteiger partial charge in [-0.3, -0.25) is 4.79 Å². The van der Waals surface area contributed by atoms with Crippen LogP contribution in [0.25, 0.3) is 0 Å². The summed E-state index contributed by atoms with van der Waals surface area (Å²) in [6.07, 6.45) is 0. The zero-order valence-electron chi connectivity index (χ0n) is 8.14. The number of carbonyl (C=O) groups is 1. The van der Waals surface area contributed by atoms with Crippen LogP contribution in [-0.2, 0) is 0 Å². The molecule has 0 saturated carbocycles. The lowest BCUT2D eigenvalue weighted by atomic mass is 10.2. The second-order valence-electron chi connectivity index (χ2n) is 3.47. The normalized spacial score (nSPS) is 16.1. The first kappa shape index (κ1) is 9.59. The topological polar surface area (TPSA) is 20.3 Å². The largest absolute Gasteiger partial charge is 0.337 e. The maximum Gasteiger partial charge on any atom is 0.253 e. The van der Waals surface area contributed by atoms with Crippen LogP contribution < -0.4 is 0 Å². The Balaban J connectivity index is 2.07. The van der Waals surface area contributed by atoms with Gasteiger partial charge in [0.1, 0.15) is 0 Å². The van der Waals surface area contributed by atoms with Crippen molar-refractivity contribution in [3.05, 3.63) is 35.9 Å². The highest BCUT2D eigenvalue weighted by atomic mass is 32.2. The average molecular weight is 207 g/mol. The zero-order valence-corrected chi connectivity index (χ0v) is 8.96. The maximum atomic E-state index is 11.9. The third kappa shape index (κ3) is 1.77. The van der Waals surface area contributed by atoms with Crippen molar-refractivity contribution in [3.8, 4) is 0 Å². The van der Waals surface area contributed by atoms with E-state index in [1.165, 1.54) is 0 Å². The van der Waals surface area contributed by atoms with E-state index >= 15 is 0 Å². The number of benzene rings is 1. The molecule has 14 heavy (non-hydrogen) atoms. The molecule has 0 spiro atoms. The summed E-state index contributed by atoms with van der Waals surface area (Å²) in [7, 11) is 1.89. The molecule has 0 atom stereocenters. The summed E-state index contributed by atoms with van der Waals surface area (Å²) in [6.45, 7) is 0. The number of amides is 1. The van der Waals surface area contributed by atoms with Crippen molar-refractivity contribution in [2.45, 2.75) is 6.04 Å². The molecular weight excluding hydrogens is 194 g/mol. The Morgan fingerprint density at radius 1 is 1.36 bits per heavy atom. The molecule has 1 fully saturated rings. The molecule has 1 aromatic carbocycles. The number of carbonyl (C=O) groups excluding carboxylic acids is 1. The lowest BCUT2D eigenvalue weighted by molar-refractivity contribution is 0.0754. The first-order valence-electron chi connectivity index (χ1n) is 4.69. The second-order valence-corrected chi connectivity index (χ2v) is 4.55. The smallest absolute Gasteiger partial charge is 0.253 e. The van der Waals surface area contributed by atoms with Gasteiger partial charge in [-0.25, -0.2) is 0 Å². The van der Waals surface area contributed by atoms with E-state index in [0.717, 1.165) is 17.1 Å². The van der Waals surface area contributed by atoms with Crippen LogP contribution in [0.2, 0.25) is 0 Å². The van der Waals surface area contributed by atoms with E-state index < -0.39 is 0 Å². The van der Waals surface area contributed by atoms with Crippen LogP contribution in [0, 0.1) is 0 Å². The van der Waals surface area contributed by atoms with Gasteiger partial charge in [0.05, 0.1) is 0 Å². The van der Waals surface area contributed by atoms with Crippen LogP contribution >= 0.6 is 11.8 Å². The lowest BCUT2D eigenvalue weighted by Gasteiger charge is -2.34. The van der Waals surface area contributed by atoms with Crippen molar-refractivity contribution >= 4 is 17.7 Å². The third-order valence-corrected chi connectivity index (χ3v) is 3.75. The molecule has 0 bridgehead atoms. The molecule has 1 amide bonds. The molecule has 1 saturated heterocycles. The van der Waals surface area contributed by atoms with Crippen molar-refractivity contribution in [1.82, 2.24) is 4.90 Å². The Morgan fingerprint density at radius 2 is 2.00 bits per heavy atom. The van der Waals surface area contributed by atoms with E-state index in [2.05, 4.69) is 0 Å². The molecule has 0 aromatic heterocycles. The predicted molar refractivity (Wildman–Crippen MR) is 59.6 cm³/mol. The van der Waals surface area contributed by atoms with Crippen LogP contribution in [-0.4, -0.2) is 35.4 Å². The van der Waals surface area contributed by atoms with Crippen molar-refractivity contribution < 1.29 is 4.79 Å². The standard InChI is InChI=1S/C11H13NOS/c1-12(10-7-14-8-10)11(13)9-5-3-2-4-6-9/h2-6,10H,7-8H2,1H3. The highest BCUT2D eigenvalue weighted by Gasteiger charge is 2.26. The quantitative estimate of drug-likeness (QED) is 0.738. The van der Waals surface area contributed by atoms with Crippen LogP contribution in [0.15, 0.2) is 30.3 Å². The summed E-state index contributed by atoms with van der Waals surface area (Å²) in [5.41, 5.74) is 0.784. The minimum Gasteiger partial charge on any atom is -0.337 e. The van der Waals surface area contributed by atoms with Crippen LogP contribution in [0.5, 0.6) is 0 Å². The predicted octanol–water partition coefficient (Wildman–Crippen LogP) is 1.87. The Labute approximate surface area is 88.3 Å². The van der Waals surface area contributed by atoms with Gasteiger partial charge < -0.3 is 4.90 Å². The van der Waals surface area contributed by atoms with Crippen LogP contribution in [0.1, 0.15) is 10.4 Å². The molecule has 2 rings (SSSR count). The molecule has 74 valence electrons. The minimum absolute atomic E-state index is 0.135. The Hall–Kier alpha value is -0.960. The molecule has 1 aliphatic heterocycles. The molecule has 0 N–H and O–H groups in total. The average Bonchev–Trinajstić information content (AvgIpc) is 2.15. The van der Waals surface area contributed by atoms with Crippen molar-refractivity contribution in [1.29, 1.82) is 0 Å². The number of hydrogen-bond acceptors (Lipinski definition) is 2. The minimum atomic E-state index is 0.135. The fourth-order valence-electron chi connectivity index (χ4n) is 1.40. The number of nitrogens with zero attached hydrogens (tertiary/aromatic N) is 1. The van der Waals surface area contributed by atoms with Gasteiger partial charge in [-0.15, -0.1) is 0 Å². The summed E-state index contributed by atoms with van der Waals surface area (Å²) in [5, 5.41) is 0. The van der Waals surface area contributed by atoms with Crippen molar-refractivity contribution in [3.63, 3.8) is 0 Å². The van der Waals surface area contributed by atoms with Gasteiger partial charge in [-0.05, 0) is 12.1 Å². The summed E-state index contributed by atoms with van der Waals surface area (Å²) in [6, 6.07) is 9.89. The van der Waals surface area contributed by atoms with Crippen molar-refractivity contribution in [2.24, 2.45) is 0 Å². The highest BCUT2D eigenvalue weighted by Crippen LogP contribution is 2.23. The first-order chi connectivity index (χ1) is 6.79. The van der Waals surface area contributed by atoms with E-state index in [-0.39, 0.29) is 5.91 Å². The molecule has 1 heterocycles. The number of thioether (sulfide) groups is 1. The van der Waals surface area contributed by atoms with E-state index in [1.807, 2.05) is 54.0 Å². The van der Waals surface area contributed by atoms with Gasteiger partial charge in [-0.1, -0.05) is 18.2 Å². The first-order valence-corrected chi connectivity index (χ1v) is 5.84. The van der Waals surface area contributed by atoms with Crippen LogP contribution in [0.4, 0.5) is 0 Å². The van der Waals surface area contributed by atoms with Crippen LogP contribution in [0.3, 0.4) is 0 Å². The fourth-order valence-corrected chi connectivity index (χ4v) is 2.29. The summed E-state index contributed by atoms with van der Waals surface area (Å²) in [4.78, 5) is 13.7. The van der Waals surface area contributed by atoms with Gasteiger partial charge in [0.15, 0.2) is 0 Å². The number of rotatable bonds is 2. The maximum absolute atomic E-state index is 11.9. The van der Waals surface area contributed by atoms with E-state index in [0.29, 0.717) is 6.04 Å². The van der Waals surface area contributed by atoms with Gasteiger partial charge in [0, 0.05) is 30.2 Å². The third-order valence-electron chi connectivity index (χ3n) is 2.51. The molecule has 1 aromatic rings. The van der Waals surface area contributed by atoms with Gasteiger partial charge in [0.25, 0.3) is 5.91 Å². The van der Waals surface area contributed by atoms with E-state index in [9.17, 15) is 4.79 Å². The summed E-state index contributed by atoms with van der Waals surface area (Å²) in [5.74, 6) is 2.29. The van der Waals surface area contributed by atoms with E-state index in [1.54, 1.807) is 0 Å². The van der Waals surface area contributed by atoms with Gasteiger partial charge in [0.2, 0.25) is 0 Å². The SMILES string of the molecule is CN(C(=O)c1ccccc1)C1CSC1. The second kappa shape index (κ2) is 4.05. The molecule has 0 radical (unpaired) electrons. The lowest BCUT2D eigenvalue weighted by Crippen LogP contribution is -2.45. The van der Waals surface area contributed by atoms with Gasteiger partial charge >= 0.3 is 0 Å². The molecule has 0 aliphatic carbocycles. The Bertz CT molecular complexity index is 321. The highest BCUT2D eigenvalue weighted by molar-refractivity contribution is 8.00. The molecular formula is C11H13NOS. The number of hydrogen-bond donors (Lipinski definition) is 0. The zero-order chi connectivity index (χ0) is 9.97.